The van der Waals surface area contributed by atoms with E-state index < -0.39 is 44.1 Å². The fourth-order valence-electron chi connectivity index (χ4n) is 2.97. The number of anilines is 1. The van der Waals surface area contributed by atoms with Crippen molar-refractivity contribution in [3.8, 4) is 0 Å². The number of hydrogen-bond acceptors (Lipinski definition) is 8. The van der Waals surface area contributed by atoms with Crippen molar-refractivity contribution in [3.63, 3.8) is 0 Å². The molecular weight excluding hydrogens is 420 g/mol. The van der Waals surface area contributed by atoms with E-state index in [9.17, 15) is 38.2 Å². The van der Waals surface area contributed by atoms with Crippen LogP contribution < -0.4 is 4.90 Å². The number of rotatable bonds is 6. The zero-order chi connectivity index (χ0) is 22.2. The fraction of sp³-hybridized carbons (Fsp3) is 0.176. The Hall–Kier alpha value is -3.71. The van der Waals surface area contributed by atoms with E-state index in [-0.39, 0.29) is 22.0 Å². The molecule has 30 heavy (non-hydrogen) atoms. The van der Waals surface area contributed by atoms with Crippen LogP contribution >= 0.6 is 0 Å². The number of likely N-dealkylation sites (N-methyl/N-ethyl adjacent to an activating group) is 1. The number of nitro benzene ring substituents is 2. The molecule has 2 aromatic carbocycles. The van der Waals surface area contributed by atoms with Crippen LogP contribution in [-0.2, 0) is 19.6 Å². The Morgan fingerprint density at radius 2 is 1.40 bits per heavy atom. The highest BCUT2D eigenvalue weighted by Gasteiger charge is 2.45. The van der Waals surface area contributed by atoms with Crippen molar-refractivity contribution in [2.24, 2.45) is 0 Å². The van der Waals surface area contributed by atoms with Gasteiger partial charge in [-0.3, -0.25) is 29.8 Å². The van der Waals surface area contributed by atoms with Gasteiger partial charge in [0.2, 0.25) is 15.9 Å². The lowest BCUT2D eigenvalue weighted by Crippen LogP contribution is -2.43. The van der Waals surface area contributed by atoms with Gasteiger partial charge in [0.15, 0.2) is 0 Å². The minimum Gasteiger partial charge on any atom is -0.274 e. The SMILES string of the molecule is CN(C1CC(=O)N(c2ccc([N+](=O)[O-])cc2)C1=O)S(=O)(=O)c1ccc([N+](=O)[O-])cc1. The van der Waals surface area contributed by atoms with Gasteiger partial charge in [-0.2, -0.15) is 4.31 Å². The van der Waals surface area contributed by atoms with E-state index in [4.69, 9.17) is 0 Å². The number of nitro groups is 2. The third-order valence-electron chi connectivity index (χ3n) is 4.60. The second-order valence-corrected chi connectivity index (χ2v) is 8.33. The predicted molar refractivity (Wildman–Crippen MR) is 102 cm³/mol. The lowest BCUT2D eigenvalue weighted by atomic mass is 10.2. The van der Waals surface area contributed by atoms with Crippen molar-refractivity contribution in [2.45, 2.75) is 17.4 Å². The lowest BCUT2D eigenvalue weighted by molar-refractivity contribution is -0.385. The minimum atomic E-state index is -4.22. The summed E-state index contributed by atoms with van der Waals surface area (Å²) in [7, 11) is -3.09. The molecule has 2 amide bonds. The summed E-state index contributed by atoms with van der Waals surface area (Å²) in [4.78, 5) is 45.8. The highest BCUT2D eigenvalue weighted by atomic mass is 32.2. The molecule has 1 heterocycles. The van der Waals surface area contributed by atoms with Crippen LogP contribution in [0, 0.1) is 20.2 Å². The standard InChI is InChI=1S/C17H14N4O8S/c1-18(30(28,29)14-8-6-13(7-9-14)21(26)27)15-10-16(22)19(17(15)23)11-2-4-12(5-3-11)20(24)25/h2-9,15H,10H2,1H3. The van der Waals surface area contributed by atoms with Gasteiger partial charge in [-0.25, -0.2) is 13.3 Å². The third kappa shape index (κ3) is 3.62. The number of non-ortho nitro benzene ring substituents is 2. The number of hydrogen-bond donors (Lipinski definition) is 0. The van der Waals surface area contributed by atoms with Crippen LogP contribution in [0.3, 0.4) is 0 Å². The van der Waals surface area contributed by atoms with Crippen molar-refractivity contribution in [1.82, 2.24) is 4.31 Å². The molecule has 0 radical (unpaired) electrons. The Balaban J connectivity index is 1.87. The topological polar surface area (TPSA) is 161 Å². The zero-order valence-corrected chi connectivity index (χ0v) is 16.2. The second-order valence-electron chi connectivity index (χ2n) is 6.33. The predicted octanol–water partition coefficient (Wildman–Crippen LogP) is 1.46. The first-order valence-corrected chi connectivity index (χ1v) is 9.82. The monoisotopic (exact) mass is 434 g/mol. The van der Waals surface area contributed by atoms with Gasteiger partial charge in [-0.05, 0) is 24.3 Å². The number of carbonyl (C=O) groups is 2. The van der Waals surface area contributed by atoms with Crippen LogP contribution in [0.25, 0.3) is 0 Å². The quantitative estimate of drug-likeness (QED) is 0.375. The molecule has 0 aliphatic carbocycles. The summed E-state index contributed by atoms with van der Waals surface area (Å²) in [6.07, 6.45) is -0.418. The van der Waals surface area contributed by atoms with Crippen LogP contribution in [0.4, 0.5) is 17.1 Å². The summed E-state index contributed by atoms with van der Waals surface area (Å²) in [5.41, 5.74) is -0.445. The van der Waals surface area contributed by atoms with Gasteiger partial charge in [-0.1, -0.05) is 0 Å². The first-order valence-electron chi connectivity index (χ1n) is 8.38. The summed E-state index contributed by atoms with van der Waals surface area (Å²) in [6, 6.07) is 7.49. The maximum Gasteiger partial charge on any atom is 0.269 e. The Morgan fingerprint density at radius 1 is 0.933 bits per heavy atom. The van der Waals surface area contributed by atoms with Crippen molar-refractivity contribution < 1.29 is 27.9 Å². The molecule has 1 atom stereocenters. The van der Waals surface area contributed by atoms with Crippen molar-refractivity contribution >= 4 is 38.9 Å². The summed E-state index contributed by atoms with van der Waals surface area (Å²) < 4.78 is 26.4. The smallest absolute Gasteiger partial charge is 0.269 e. The number of imide groups is 1. The molecule has 1 aliphatic heterocycles. The maximum absolute atomic E-state index is 12.8. The van der Waals surface area contributed by atoms with Crippen molar-refractivity contribution in [1.29, 1.82) is 0 Å². The van der Waals surface area contributed by atoms with Gasteiger partial charge < -0.3 is 0 Å². The first-order chi connectivity index (χ1) is 14.0. The molecule has 1 saturated heterocycles. The number of benzene rings is 2. The molecule has 0 saturated carbocycles. The van der Waals surface area contributed by atoms with Gasteiger partial charge in [0, 0.05) is 31.3 Å². The van der Waals surface area contributed by atoms with Gasteiger partial charge in [0.05, 0.1) is 26.9 Å². The van der Waals surface area contributed by atoms with Crippen molar-refractivity contribution in [2.75, 3.05) is 11.9 Å². The summed E-state index contributed by atoms with van der Waals surface area (Å²) >= 11 is 0. The van der Waals surface area contributed by atoms with Crippen LogP contribution in [0.15, 0.2) is 53.4 Å². The molecule has 2 aromatic rings. The van der Waals surface area contributed by atoms with E-state index in [1.807, 2.05) is 0 Å². The molecule has 0 spiro atoms. The first kappa shape index (κ1) is 21.0. The van der Waals surface area contributed by atoms with E-state index >= 15 is 0 Å². The minimum absolute atomic E-state index is 0.0826. The lowest BCUT2D eigenvalue weighted by Gasteiger charge is -2.22. The van der Waals surface area contributed by atoms with Crippen LogP contribution in [0.2, 0.25) is 0 Å². The van der Waals surface area contributed by atoms with Gasteiger partial charge in [0.25, 0.3) is 17.3 Å². The van der Waals surface area contributed by atoms with Gasteiger partial charge >= 0.3 is 0 Å². The number of sulfonamides is 1. The Morgan fingerprint density at radius 3 is 1.87 bits per heavy atom. The molecular formula is C17H14N4O8S. The van der Waals surface area contributed by atoms with Gasteiger partial charge in [0.1, 0.15) is 6.04 Å². The highest BCUT2D eigenvalue weighted by molar-refractivity contribution is 7.89. The Kier molecular flexibility index (Phi) is 5.33. The molecule has 1 unspecified atom stereocenters. The van der Waals surface area contributed by atoms with Crippen LogP contribution in [0.5, 0.6) is 0 Å². The van der Waals surface area contributed by atoms with E-state index in [0.29, 0.717) is 0 Å². The second kappa shape index (κ2) is 7.61. The summed E-state index contributed by atoms with van der Waals surface area (Å²) in [5.74, 6) is -1.47. The Labute approximate surface area is 169 Å². The molecule has 13 heteroatoms. The van der Waals surface area contributed by atoms with Gasteiger partial charge in [-0.15, -0.1) is 0 Å². The third-order valence-corrected chi connectivity index (χ3v) is 6.49. The van der Waals surface area contributed by atoms with Crippen molar-refractivity contribution in [3.05, 3.63) is 68.8 Å². The van der Waals surface area contributed by atoms with Crippen LogP contribution in [-0.4, -0.2) is 47.5 Å². The van der Waals surface area contributed by atoms with E-state index in [0.717, 1.165) is 52.7 Å². The molecule has 1 fully saturated rings. The largest absolute Gasteiger partial charge is 0.274 e. The molecule has 3 rings (SSSR count). The number of carbonyl (C=O) groups excluding carboxylic acids is 2. The Bertz CT molecular complexity index is 1150. The molecule has 156 valence electrons. The van der Waals surface area contributed by atoms with E-state index in [1.54, 1.807) is 0 Å². The average molecular weight is 434 g/mol. The average Bonchev–Trinajstić information content (AvgIpc) is 3.01. The molecule has 0 bridgehead atoms. The molecule has 12 nitrogen and oxygen atoms in total. The fourth-order valence-corrected chi connectivity index (χ4v) is 4.28. The molecule has 1 aliphatic rings. The molecule has 0 aromatic heterocycles. The normalized spacial score (nSPS) is 16.9. The summed E-state index contributed by atoms with van der Waals surface area (Å²) in [5, 5.41) is 21.5. The maximum atomic E-state index is 12.8. The zero-order valence-electron chi connectivity index (χ0n) is 15.4. The number of nitrogens with zero attached hydrogens (tertiary/aromatic N) is 4. The van der Waals surface area contributed by atoms with Crippen LogP contribution in [0.1, 0.15) is 6.42 Å². The number of amides is 2. The highest BCUT2D eigenvalue weighted by Crippen LogP contribution is 2.29. The molecule has 0 N–H and O–H groups in total. The summed E-state index contributed by atoms with van der Waals surface area (Å²) in [6.45, 7) is 0. The van der Waals surface area contributed by atoms with E-state index in [1.165, 1.54) is 12.1 Å². The van der Waals surface area contributed by atoms with E-state index in [2.05, 4.69) is 0 Å².